The highest BCUT2D eigenvalue weighted by Gasteiger charge is 2.45. The summed E-state index contributed by atoms with van der Waals surface area (Å²) in [5.41, 5.74) is -0.666. The van der Waals surface area contributed by atoms with E-state index in [1.807, 2.05) is 0 Å². The SMILES string of the molecule is O=C(NCCN1CCCC1)c1ccc(CN2CCC(CC3CC3)(C(=O)NCc3cc(CF)cc(C(F)(F)F)c3)CC2)cc1F. The van der Waals surface area contributed by atoms with Gasteiger partial charge in [0, 0.05) is 26.2 Å². The van der Waals surface area contributed by atoms with Gasteiger partial charge in [0.25, 0.3) is 5.91 Å². The second kappa shape index (κ2) is 13.9. The van der Waals surface area contributed by atoms with Crippen LogP contribution in [0, 0.1) is 17.2 Å². The van der Waals surface area contributed by atoms with Crippen molar-refractivity contribution in [1.29, 1.82) is 0 Å². The summed E-state index contributed by atoms with van der Waals surface area (Å²) in [7, 11) is 0. The molecule has 3 fully saturated rings. The maximum atomic E-state index is 14.9. The van der Waals surface area contributed by atoms with Gasteiger partial charge < -0.3 is 15.5 Å². The normalized spacial score (nSPS) is 19.2. The van der Waals surface area contributed by atoms with Gasteiger partial charge in [0.1, 0.15) is 12.5 Å². The van der Waals surface area contributed by atoms with Crippen molar-refractivity contribution in [3.63, 3.8) is 0 Å². The molecule has 2 heterocycles. The van der Waals surface area contributed by atoms with E-state index >= 15 is 0 Å². The lowest BCUT2D eigenvalue weighted by atomic mass is 9.73. The van der Waals surface area contributed by atoms with E-state index in [1.54, 1.807) is 6.07 Å². The van der Waals surface area contributed by atoms with Crippen molar-refractivity contribution in [2.75, 3.05) is 39.3 Å². The number of likely N-dealkylation sites (tertiary alicyclic amines) is 2. The minimum atomic E-state index is -4.60. The lowest BCUT2D eigenvalue weighted by Gasteiger charge is -2.41. The molecule has 0 bridgehead atoms. The van der Waals surface area contributed by atoms with Crippen molar-refractivity contribution in [2.45, 2.75) is 70.9 Å². The van der Waals surface area contributed by atoms with Crippen LogP contribution in [0.15, 0.2) is 36.4 Å². The van der Waals surface area contributed by atoms with Gasteiger partial charge in [0.2, 0.25) is 5.91 Å². The molecule has 240 valence electrons. The summed E-state index contributed by atoms with van der Waals surface area (Å²) in [5.74, 6) is -0.712. The summed E-state index contributed by atoms with van der Waals surface area (Å²) in [4.78, 5) is 30.5. The number of rotatable bonds is 12. The van der Waals surface area contributed by atoms with Gasteiger partial charge >= 0.3 is 6.18 Å². The first-order valence-electron chi connectivity index (χ1n) is 15.6. The van der Waals surface area contributed by atoms with Crippen molar-refractivity contribution in [3.8, 4) is 0 Å². The van der Waals surface area contributed by atoms with Crippen LogP contribution in [0.2, 0.25) is 0 Å². The number of benzene rings is 2. The molecule has 2 amide bonds. The molecule has 0 aromatic heterocycles. The van der Waals surface area contributed by atoms with Gasteiger partial charge in [-0.2, -0.15) is 13.2 Å². The Kier molecular flexibility index (Phi) is 10.2. The van der Waals surface area contributed by atoms with Gasteiger partial charge in [-0.25, -0.2) is 8.78 Å². The lowest BCUT2D eigenvalue weighted by Crippen LogP contribution is -2.48. The first kappa shape index (κ1) is 32.3. The molecule has 2 N–H and O–H groups in total. The summed E-state index contributed by atoms with van der Waals surface area (Å²) >= 11 is 0. The van der Waals surface area contributed by atoms with Crippen LogP contribution in [0.5, 0.6) is 0 Å². The number of piperidine rings is 1. The Balaban J connectivity index is 1.15. The molecule has 2 aliphatic heterocycles. The third-order valence-corrected chi connectivity index (χ3v) is 9.26. The molecule has 44 heavy (non-hydrogen) atoms. The Morgan fingerprint density at radius 3 is 2.23 bits per heavy atom. The van der Waals surface area contributed by atoms with E-state index in [2.05, 4.69) is 20.4 Å². The highest BCUT2D eigenvalue weighted by Crippen LogP contribution is 2.46. The van der Waals surface area contributed by atoms with E-state index in [0.717, 1.165) is 56.6 Å². The second-order valence-corrected chi connectivity index (χ2v) is 12.7. The largest absolute Gasteiger partial charge is 0.416 e. The molecule has 1 saturated carbocycles. The summed E-state index contributed by atoms with van der Waals surface area (Å²) < 4.78 is 68.0. The molecule has 11 heteroatoms. The van der Waals surface area contributed by atoms with E-state index in [9.17, 15) is 31.5 Å². The second-order valence-electron chi connectivity index (χ2n) is 12.7. The van der Waals surface area contributed by atoms with Crippen LogP contribution in [0.4, 0.5) is 22.0 Å². The van der Waals surface area contributed by atoms with E-state index < -0.39 is 35.6 Å². The minimum Gasteiger partial charge on any atom is -0.352 e. The molecular weight excluding hydrogens is 579 g/mol. The van der Waals surface area contributed by atoms with Crippen molar-refractivity contribution in [1.82, 2.24) is 20.4 Å². The summed E-state index contributed by atoms with van der Waals surface area (Å²) in [6.07, 6.45) is 1.73. The molecule has 0 unspecified atom stereocenters. The van der Waals surface area contributed by atoms with Gasteiger partial charge in [-0.1, -0.05) is 25.0 Å². The highest BCUT2D eigenvalue weighted by atomic mass is 19.4. The molecule has 0 spiro atoms. The molecular formula is C33H41F5N4O2. The van der Waals surface area contributed by atoms with Crippen LogP contribution < -0.4 is 10.6 Å². The van der Waals surface area contributed by atoms with Gasteiger partial charge in [-0.15, -0.1) is 0 Å². The Bertz CT molecular complexity index is 1320. The third kappa shape index (κ3) is 8.35. The Labute approximate surface area is 255 Å². The predicted molar refractivity (Wildman–Crippen MR) is 157 cm³/mol. The predicted octanol–water partition coefficient (Wildman–Crippen LogP) is 5.84. The molecule has 2 aromatic rings. The average Bonchev–Trinajstić information content (AvgIpc) is 3.66. The van der Waals surface area contributed by atoms with Crippen LogP contribution in [-0.4, -0.2) is 60.9 Å². The topological polar surface area (TPSA) is 64.7 Å². The number of hydrogen-bond donors (Lipinski definition) is 2. The number of carbonyl (C=O) groups excluding carboxylic acids is 2. The Morgan fingerprint density at radius 2 is 1.59 bits per heavy atom. The number of alkyl halides is 4. The van der Waals surface area contributed by atoms with Crippen molar-refractivity contribution < 1.29 is 31.5 Å². The van der Waals surface area contributed by atoms with Crippen LogP contribution in [0.1, 0.15) is 77.6 Å². The quantitative estimate of drug-likeness (QED) is 0.293. The molecule has 5 rings (SSSR count). The molecule has 0 atom stereocenters. The summed E-state index contributed by atoms with van der Waals surface area (Å²) in [5, 5.41) is 5.66. The first-order chi connectivity index (χ1) is 21.0. The number of hydrogen-bond acceptors (Lipinski definition) is 4. The number of nitrogens with zero attached hydrogens (tertiary/aromatic N) is 2. The standard InChI is InChI=1S/C33H41F5N4O2/c34-20-25-15-26(17-27(16-25)33(36,37)38)21-40-31(44)32(19-23-3-4-23)7-12-42(13-8-32)22-24-5-6-28(29(35)18-24)30(43)39-9-14-41-10-1-2-11-41/h5-6,15-18,23H,1-4,7-14,19-22H2,(H,39,43)(H,40,44). The summed E-state index contributed by atoms with van der Waals surface area (Å²) in [6, 6.07) is 7.78. The van der Waals surface area contributed by atoms with Gasteiger partial charge in [0.15, 0.2) is 0 Å². The Morgan fingerprint density at radius 1 is 0.886 bits per heavy atom. The van der Waals surface area contributed by atoms with Crippen molar-refractivity contribution >= 4 is 11.8 Å². The molecule has 1 aliphatic carbocycles. The van der Waals surface area contributed by atoms with Crippen LogP contribution in [0.25, 0.3) is 0 Å². The van der Waals surface area contributed by atoms with E-state index in [1.165, 1.54) is 31.0 Å². The molecule has 0 radical (unpaired) electrons. The first-order valence-corrected chi connectivity index (χ1v) is 15.6. The zero-order valence-electron chi connectivity index (χ0n) is 25.0. The van der Waals surface area contributed by atoms with Crippen LogP contribution in [-0.2, 0) is 30.7 Å². The fraction of sp³-hybridized carbons (Fsp3) is 0.576. The van der Waals surface area contributed by atoms with E-state index in [4.69, 9.17) is 0 Å². The smallest absolute Gasteiger partial charge is 0.352 e. The van der Waals surface area contributed by atoms with Gasteiger partial charge in [-0.05, 0) is 105 Å². The van der Waals surface area contributed by atoms with Crippen molar-refractivity contribution in [2.24, 2.45) is 11.3 Å². The number of carbonyl (C=O) groups is 2. The summed E-state index contributed by atoms with van der Waals surface area (Å²) in [6.45, 7) is 3.86. The van der Waals surface area contributed by atoms with Gasteiger partial charge in [-0.3, -0.25) is 14.5 Å². The van der Waals surface area contributed by atoms with E-state index in [-0.39, 0.29) is 29.1 Å². The number of halogens is 5. The third-order valence-electron chi connectivity index (χ3n) is 9.26. The average molecular weight is 621 g/mol. The minimum absolute atomic E-state index is 0.0216. The van der Waals surface area contributed by atoms with Crippen LogP contribution >= 0.6 is 0 Å². The fourth-order valence-corrected chi connectivity index (χ4v) is 6.54. The molecule has 3 aliphatic rings. The number of nitrogens with one attached hydrogen (secondary N) is 2. The highest BCUT2D eigenvalue weighted by molar-refractivity contribution is 5.94. The molecule has 2 aromatic carbocycles. The zero-order chi connectivity index (χ0) is 31.3. The fourth-order valence-electron chi connectivity index (χ4n) is 6.54. The molecule has 2 saturated heterocycles. The van der Waals surface area contributed by atoms with Gasteiger partial charge in [0.05, 0.1) is 16.5 Å². The van der Waals surface area contributed by atoms with Crippen molar-refractivity contribution in [3.05, 3.63) is 70.0 Å². The lowest BCUT2D eigenvalue weighted by molar-refractivity contribution is -0.137. The van der Waals surface area contributed by atoms with Crippen LogP contribution in [0.3, 0.4) is 0 Å². The zero-order valence-corrected chi connectivity index (χ0v) is 25.0. The number of amides is 2. The van der Waals surface area contributed by atoms with E-state index in [0.29, 0.717) is 44.9 Å². The maximum Gasteiger partial charge on any atom is 0.416 e. The monoisotopic (exact) mass is 620 g/mol. The maximum absolute atomic E-state index is 14.9. The Hall–Kier alpha value is -3.05. The molecule has 6 nitrogen and oxygen atoms in total.